The van der Waals surface area contributed by atoms with E-state index in [2.05, 4.69) is 29.0 Å². The molecule has 3 atom stereocenters. The van der Waals surface area contributed by atoms with Crippen LogP contribution in [0.2, 0.25) is 0 Å². The Morgan fingerprint density at radius 3 is 2.56 bits per heavy atom. The van der Waals surface area contributed by atoms with E-state index in [4.69, 9.17) is 5.73 Å². The normalized spacial score (nSPS) is 28.4. The third-order valence-corrected chi connectivity index (χ3v) is 6.38. The molecule has 1 aliphatic carbocycles. The summed E-state index contributed by atoms with van der Waals surface area (Å²) in [6.07, 6.45) is 2.30. The van der Waals surface area contributed by atoms with Gasteiger partial charge in [0.15, 0.2) is 0 Å². The van der Waals surface area contributed by atoms with E-state index in [1.807, 2.05) is 17.0 Å². The smallest absolute Gasteiger partial charge is 0.253 e. The van der Waals surface area contributed by atoms with Crippen molar-refractivity contribution >= 4 is 30.7 Å². The first-order chi connectivity index (χ1) is 12.1. The topological polar surface area (TPSA) is 52.8 Å². The van der Waals surface area contributed by atoms with Crippen LogP contribution < -0.4 is 5.73 Å². The quantitative estimate of drug-likeness (QED) is 0.822. The highest BCUT2D eigenvalue weighted by atomic mass is 35.5. The van der Waals surface area contributed by atoms with Gasteiger partial charge in [0.2, 0.25) is 0 Å². The van der Waals surface area contributed by atoms with Crippen LogP contribution in [-0.2, 0) is 6.54 Å². The van der Waals surface area contributed by atoms with E-state index in [-0.39, 0.29) is 36.8 Å². The number of hydrogen-bond donors (Lipinski definition) is 1. The molecular weight excluding hydrogens is 383 g/mol. The van der Waals surface area contributed by atoms with E-state index in [1.54, 1.807) is 0 Å². The Morgan fingerprint density at radius 1 is 1.11 bits per heavy atom. The Balaban J connectivity index is 0.00000131. The van der Waals surface area contributed by atoms with Crippen molar-refractivity contribution in [3.05, 3.63) is 35.4 Å². The van der Waals surface area contributed by atoms with Crippen LogP contribution in [-0.4, -0.2) is 73.0 Å². The molecule has 152 valence electrons. The lowest BCUT2D eigenvalue weighted by Gasteiger charge is -2.32. The number of nitrogens with two attached hydrogens (primary N) is 1. The Kier molecular flexibility index (Phi) is 7.95. The minimum atomic E-state index is 0. The van der Waals surface area contributed by atoms with Crippen molar-refractivity contribution < 1.29 is 4.79 Å². The first-order valence-corrected chi connectivity index (χ1v) is 9.65. The SMILES string of the molecule is CN1CCN(Cc2cccc(C(=O)N3CC4CCC(N)C4C3)c2)CC1.Cl.Cl. The van der Waals surface area contributed by atoms with Gasteiger partial charge in [-0.05, 0) is 49.4 Å². The number of amides is 1. The van der Waals surface area contributed by atoms with Crippen molar-refractivity contribution in [2.75, 3.05) is 46.3 Å². The van der Waals surface area contributed by atoms with Crippen molar-refractivity contribution in [3.8, 4) is 0 Å². The highest BCUT2D eigenvalue weighted by Crippen LogP contribution is 2.37. The lowest BCUT2D eigenvalue weighted by atomic mass is 9.98. The molecule has 1 aromatic rings. The average Bonchev–Trinajstić information content (AvgIpc) is 3.19. The van der Waals surface area contributed by atoms with Gasteiger partial charge < -0.3 is 15.5 Å². The molecule has 1 aromatic carbocycles. The number of nitrogens with zero attached hydrogens (tertiary/aromatic N) is 3. The number of benzene rings is 1. The number of piperazine rings is 1. The maximum Gasteiger partial charge on any atom is 0.253 e. The number of likely N-dealkylation sites (N-methyl/N-ethyl adjacent to an activating group) is 1. The fourth-order valence-electron chi connectivity index (χ4n) is 4.72. The molecule has 3 fully saturated rings. The molecule has 3 unspecified atom stereocenters. The molecule has 3 aliphatic rings. The summed E-state index contributed by atoms with van der Waals surface area (Å²) in [5.41, 5.74) is 8.29. The third kappa shape index (κ3) is 4.96. The Labute approximate surface area is 175 Å². The van der Waals surface area contributed by atoms with Gasteiger partial charge in [-0.3, -0.25) is 9.69 Å². The highest BCUT2D eigenvalue weighted by molar-refractivity contribution is 5.94. The zero-order valence-electron chi connectivity index (χ0n) is 16.0. The Hall–Kier alpha value is -0.850. The fourth-order valence-corrected chi connectivity index (χ4v) is 4.72. The first kappa shape index (κ1) is 22.4. The van der Waals surface area contributed by atoms with E-state index in [0.29, 0.717) is 11.8 Å². The fraction of sp³-hybridized carbons (Fsp3) is 0.650. The van der Waals surface area contributed by atoms with Crippen molar-refractivity contribution in [1.82, 2.24) is 14.7 Å². The summed E-state index contributed by atoms with van der Waals surface area (Å²) in [5, 5.41) is 0. The van der Waals surface area contributed by atoms with Gasteiger partial charge in [0.25, 0.3) is 5.91 Å². The summed E-state index contributed by atoms with van der Waals surface area (Å²) in [7, 11) is 2.17. The van der Waals surface area contributed by atoms with Crippen LogP contribution in [0.3, 0.4) is 0 Å². The van der Waals surface area contributed by atoms with Crippen LogP contribution >= 0.6 is 24.8 Å². The second kappa shape index (κ2) is 9.57. The van der Waals surface area contributed by atoms with Gasteiger partial charge in [0, 0.05) is 57.4 Å². The zero-order valence-corrected chi connectivity index (χ0v) is 17.7. The highest BCUT2D eigenvalue weighted by Gasteiger charge is 2.42. The molecule has 0 bridgehead atoms. The second-order valence-corrected chi connectivity index (χ2v) is 8.16. The summed E-state index contributed by atoms with van der Waals surface area (Å²) in [5.74, 6) is 1.31. The van der Waals surface area contributed by atoms with E-state index in [1.165, 1.54) is 12.0 Å². The summed E-state index contributed by atoms with van der Waals surface area (Å²) >= 11 is 0. The number of hydrogen-bond acceptors (Lipinski definition) is 4. The third-order valence-electron chi connectivity index (χ3n) is 6.38. The number of carbonyl (C=O) groups excluding carboxylic acids is 1. The number of fused-ring (bicyclic) bond motifs is 1. The van der Waals surface area contributed by atoms with Crippen molar-refractivity contribution in [1.29, 1.82) is 0 Å². The summed E-state index contributed by atoms with van der Waals surface area (Å²) < 4.78 is 0. The molecule has 2 saturated heterocycles. The maximum absolute atomic E-state index is 12.9. The minimum absolute atomic E-state index is 0. The molecule has 4 rings (SSSR count). The lowest BCUT2D eigenvalue weighted by Crippen LogP contribution is -2.43. The Bertz CT molecular complexity index is 636. The van der Waals surface area contributed by atoms with Crippen molar-refractivity contribution in [3.63, 3.8) is 0 Å². The molecule has 0 aromatic heterocycles. The maximum atomic E-state index is 12.9. The van der Waals surface area contributed by atoms with Gasteiger partial charge in [-0.25, -0.2) is 0 Å². The molecule has 5 nitrogen and oxygen atoms in total. The summed E-state index contributed by atoms with van der Waals surface area (Å²) in [6, 6.07) is 8.51. The van der Waals surface area contributed by atoms with Gasteiger partial charge in [-0.2, -0.15) is 0 Å². The van der Waals surface area contributed by atoms with Crippen LogP contribution in [0.1, 0.15) is 28.8 Å². The molecule has 0 radical (unpaired) electrons. The molecule has 1 amide bonds. The van der Waals surface area contributed by atoms with Gasteiger partial charge >= 0.3 is 0 Å². The van der Waals surface area contributed by atoms with E-state index in [0.717, 1.165) is 57.8 Å². The van der Waals surface area contributed by atoms with E-state index < -0.39 is 0 Å². The predicted octanol–water partition coefficient (Wildman–Crippen LogP) is 2.09. The Morgan fingerprint density at radius 2 is 1.85 bits per heavy atom. The summed E-state index contributed by atoms with van der Waals surface area (Å²) in [6.45, 7) is 7.10. The molecule has 7 heteroatoms. The second-order valence-electron chi connectivity index (χ2n) is 8.16. The molecule has 2 aliphatic heterocycles. The number of likely N-dealkylation sites (tertiary alicyclic amines) is 1. The molecular formula is C20H32Cl2N4O. The monoisotopic (exact) mass is 414 g/mol. The van der Waals surface area contributed by atoms with Crippen LogP contribution in [0.5, 0.6) is 0 Å². The number of rotatable bonds is 3. The number of carbonyl (C=O) groups is 1. The van der Waals surface area contributed by atoms with Crippen molar-refractivity contribution in [2.24, 2.45) is 17.6 Å². The first-order valence-electron chi connectivity index (χ1n) is 9.65. The van der Waals surface area contributed by atoms with Gasteiger partial charge in [-0.15, -0.1) is 24.8 Å². The lowest BCUT2D eigenvalue weighted by molar-refractivity contribution is 0.0779. The standard InChI is InChI=1S/C20H30N4O.2ClH/c1-22-7-9-23(10-8-22)12-15-3-2-4-16(11-15)20(25)24-13-17-5-6-19(21)18(17)14-24;;/h2-4,11,17-19H,5-10,12-14,21H2,1H3;2*1H. The van der Waals surface area contributed by atoms with E-state index >= 15 is 0 Å². The van der Waals surface area contributed by atoms with Gasteiger partial charge in [0.05, 0.1) is 0 Å². The van der Waals surface area contributed by atoms with Crippen LogP contribution in [0.15, 0.2) is 24.3 Å². The van der Waals surface area contributed by atoms with Crippen LogP contribution in [0.4, 0.5) is 0 Å². The molecule has 0 spiro atoms. The van der Waals surface area contributed by atoms with Gasteiger partial charge in [0.1, 0.15) is 0 Å². The van der Waals surface area contributed by atoms with Crippen LogP contribution in [0.25, 0.3) is 0 Å². The summed E-state index contributed by atoms with van der Waals surface area (Å²) in [4.78, 5) is 19.8. The minimum Gasteiger partial charge on any atom is -0.338 e. The van der Waals surface area contributed by atoms with Crippen molar-refractivity contribution in [2.45, 2.75) is 25.4 Å². The largest absolute Gasteiger partial charge is 0.338 e. The van der Waals surface area contributed by atoms with E-state index in [9.17, 15) is 4.79 Å². The van der Waals surface area contributed by atoms with Gasteiger partial charge in [-0.1, -0.05) is 12.1 Å². The average molecular weight is 415 g/mol. The molecule has 2 heterocycles. The predicted molar refractivity (Wildman–Crippen MR) is 114 cm³/mol. The van der Waals surface area contributed by atoms with Crippen LogP contribution in [0, 0.1) is 11.8 Å². The molecule has 2 N–H and O–H groups in total. The molecule has 27 heavy (non-hydrogen) atoms. The number of halogens is 2. The molecule has 1 saturated carbocycles. The zero-order chi connectivity index (χ0) is 17.4.